The Bertz CT molecular complexity index is 557. The molecule has 0 bridgehead atoms. The van der Waals surface area contributed by atoms with E-state index in [2.05, 4.69) is 10.3 Å². The predicted molar refractivity (Wildman–Crippen MR) is 84.8 cm³/mol. The van der Waals surface area contributed by atoms with Crippen LogP contribution in [0.2, 0.25) is 0 Å². The van der Waals surface area contributed by atoms with Gasteiger partial charge in [-0.25, -0.2) is 4.98 Å². The van der Waals surface area contributed by atoms with E-state index in [-0.39, 0.29) is 0 Å². The van der Waals surface area contributed by atoms with Crippen molar-refractivity contribution in [2.45, 2.75) is 0 Å². The van der Waals surface area contributed by atoms with E-state index in [1.54, 1.807) is 12.3 Å². The summed E-state index contributed by atoms with van der Waals surface area (Å²) in [6, 6.07) is 25.7. The molecular weight excluding hydrogens is 246 g/mol. The maximum absolute atomic E-state index is 5.25. The topological polar surface area (TPSA) is 50.9 Å². The van der Waals surface area contributed by atoms with Crippen LogP contribution in [0, 0.1) is 0 Å². The standard InChI is InChI=1S/C12H11N.C5H6N2/c1-3-7-11(8-4-1)13-12-9-5-2-6-10-12;6-5-3-1-2-4-7-5/h1-10,13H;1-4H,(H2,6,7). The van der Waals surface area contributed by atoms with Crippen molar-refractivity contribution in [3.63, 3.8) is 0 Å². The van der Waals surface area contributed by atoms with E-state index in [0.717, 1.165) is 11.4 Å². The Balaban J connectivity index is 0.000000178. The van der Waals surface area contributed by atoms with Crippen LogP contribution in [0.25, 0.3) is 0 Å². The van der Waals surface area contributed by atoms with E-state index in [1.165, 1.54) is 0 Å². The number of hydrogen-bond acceptors (Lipinski definition) is 3. The highest BCUT2D eigenvalue weighted by Gasteiger charge is 1.89. The van der Waals surface area contributed by atoms with Gasteiger partial charge in [0.2, 0.25) is 0 Å². The lowest BCUT2D eigenvalue weighted by Crippen LogP contribution is -1.87. The van der Waals surface area contributed by atoms with Crippen molar-refractivity contribution in [1.82, 2.24) is 4.98 Å². The Hall–Kier alpha value is -2.81. The van der Waals surface area contributed by atoms with Crippen LogP contribution in [0.1, 0.15) is 0 Å². The second-order valence-electron chi connectivity index (χ2n) is 4.11. The van der Waals surface area contributed by atoms with Crippen LogP contribution in [0.15, 0.2) is 85.1 Å². The van der Waals surface area contributed by atoms with Gasteiger partial charge in [0.05, 0.1) is 0 Å². The van der Waals surface area contributed by atoms with Crippen LogP contribution in [-0.2, 0) is 0 Å². The number of pyridine rings is 1. The summed E-state index contributed by atoms with van der Waals surface area (Å²) in [4.78, 5) is 3.76. The van der Waals surface area contributed by atoms with Gasteiger partial charge in [-0.15, -0.1) is 0 Å². The molecule has 0 aliphatic carbocycles. The highest BCUT2D eigenvalue weighted by molar-refractivity contribution is 5.58. The minimum absolute atomic E-state index is 0.572. The molecular formula is C17H17N3. The highest BCUT2D eigenvalue weighted by Crippen LogP contribution is 2.14. The Morgan fingerprint density at radius 1 is 0.650 bits per heavy atom. The van der Waals surface area contributed by atoms with Crippen molar-refractivity contribution in [1.29, 1.82) is 0 Å². The van der Waals surface area contributed by atoms with Crippen molar-refractivity contribution in [2.24, 2.45) is 0 Å². The largest absolute Gasteiger partial charge is 0.384 e. The molecule has 3 rings (SSSR count). The fourth-order valence-corrected chi connectivity index (χ4v) is 1.59. The summed E-state index contributed by atoms with van der Waals surface area (Å²) < 4.78 is 0. The smallest absolute Gasteiger partial charge is 0.123 e. The monoisotopic (exact) mass is 263 g/mol. The molecule has 0 spiro atoms. The summed E-state index contributed by atoms with van der Waals surface area (Å²) in [5, 5.41) is 3.30. The van der Waals surface area contributed by atoms with Crippen LogP contribution in [-0.4, -0.2) is 4.98 Å². The molecule has 0 saturated carbocycles. The molecule has 3 nitrogen and oxygen atoms in total. The second kappa shape index (κ2) is 7.59. The van der Waals surface area contributed by atoms with Crippen molar-refractivity contribution in [3.8, 4) is 0 Å². The average molecular weight is 263 g/mol. The molecule has 0 fully saturated rings. The van der Waals surface area contributed by atoms with Crippen LogP contribution in [0.3, 0.4) is 0 Å². The van der Waals surface area contributed by atoms with Crippen LogP contribution in [0.4, 0.5) is 17.2 Å². The van der Waals surface area contributed by atoms with Gasteiger partial charge >= 0.3 is 0 Å². The minimum atomic E-state index is 0.572. The van der Waals surface area contributed by atoms with Gasteiger partial charge in [-0.1, -0.05) is 42.5 Å². The van der Waals surface area contributed by atoms with Crippen molar-refractivity contribution in [3.05, 3.63) is 85.1 Å². The molecule has 1 aromatic heterocycles. The zero-order valence-corrected chi connectivity index (χ0v) is 11.1. The summed E-state index contributed by atoms with van der Waals surface area (Å²) >= 11 is 0. The first kappa shape index (κ1) is 13.6. The normalized spacial score (nSPS) is 9.20. The maximum atomic E-state index is 5.25. The molecule has 0 aliphatic heterocycles. The number of anilines is 3. The number of benzene rings is 2. The summed E-state index contributed by atoms with van der Waals surface area (Å²) in [6.07, 6.45) is 1.66. The molecule has 2 aromatic carbocycles. The van der Waals surface area contributed by atoms with E-state index >= 15 is 0 Å². The third-order valence-electron chi connectivity index (χ3n) is 2.52. The van der Waals surface area contributed by atoms with Crippen molar-refractivity contribution in [2.75, 3.05) is 11.1 Å². The molecule has 20 heavy (non-hydrogen) atoms. The van der Waals surface area contributed by atoms with E-state index in [0.29, 0.717) is 5.82 Å². The SMILES string of the molecule is Nc1ccccn1.c1ccc(Nc2ccccc2)cc1. The number of nitrogens with two attached hydrogens (primary N) is 1. The van der Waals surface area contributed by atoms with Gasteiger partial charge in [0.15, 0.2) is 0 Å². The fraction of sp³-hybridized carbons (Fsp3) is 0. The molecule has 0 amide bonds. The lowest BCUT2D eigenvalue weighted by molar-refractivity contribution is 1.34. The lowest BCUT2D eigenvalue weighted by Gasteiger charge is -2.04. The fourth-order valence-electron chi connectivity index (χ4n) is 1.59. The summed E-state index contributed by atoms with van der Waals surface area (Å²) in [5.41, 5.74) is 7.48. The van der Waals surface area contributed by atoms with E-state index in [9.17, 15) is 0 Å². The Morgan fingerprint density at radius 2 is 1.15 bits per heavy atom. The molecule has 3 N–H and O–H groups in total. The first-order valence-corrected chi connectivity index (χ1v) is 6.38. The molecule has 0 radical (unpaired) electrons. The summed E-state index contributed by atoms with van der Waals surface area (Å²) in [6.45, 7) is 0. The van der Waals surface area contributed by atoms with Gasteiger partial charge in [0, 0.05) is 17.6 Å². The Kier molecular flexibility index (Phi) is 5.17. The second-order valence-corrected chi connectivity index (χ2v) is 4.11. The Labute approximate surface area is 119 Å². The summed E-state index contributed by atoms with van der Waals surface area (Å²) in [5.74, 6) is 0.572. The van der Waals surface area contributed by atoms with Crippen molar-refractivity contribution < 1.29 is 0 Å². The number of nitrogen functional groups attached to an aromatic ring is 1. The minimum Gasteiger partial charge on any atom is -0.384 e. The van der Waals surface area contributed by atoms with Gasteiger partial charge < -0.3 is 11.1 Å². The third kappa shape index (κ3) is 4.82. The molecule has 1 heterocycles. The third-order valence-corrected chi connectivity index (χ3v) is 2.52. The maximum Gasteiger partial charge on any atom is 0.123 e. The van der Waals surface area contributed by atoms with E-state index < -0.39 is 0 Å². The number of para-hydroxylation sites is 2. The number of rotatable bonds is 2. The molecule has 0 unspecified atom stereocenters. The highest BCUT2D eigenvalue weighted by atomic mass is 14.9. The molecule has 100 valence electrons. The molecule has 3 aromatic rings. The van der Waals surface area contributed by atoms with Crippen LogP contribution < -0.4 is 11.1 Å². The number of nitrogens with one attached hydrogen (secondary N) is 1. The first-order chi connectivity index (χ1) is 9.84. The zero-order chi connectivity index (χ0) is 14.0. The quantitative estimate of drug-likeness (QED) is 0.732. The van der Waals surface area contributed by atoms with Crippen LogP contribution in [0.5, 0.6) is 0 Å². The number of aromatic nitrogens is 1. The zero-order valence-electron chi connectivity index (χ0n) is 11.1. The first-order valence-electron chi connectivity index (χ1n) is 6.38. The van der Waals surface area contributed by atoms with E-state index in [1.807, 2.05) is 72.8 Å². The van der Waals surface area contributed by atoms with Crippen LogP contribution >= 0.6 is 0 Å². The van der Waals surface area contributed by atoms with Crippen molar-refractivity contribution >= 4 is 17.2 Å². The number of hydrogen-bond donors (Lipinski definition) is 2. The van der Waals surface area contributed by atoms with Gasteiger partial charge in [0.25, 0.3) is 0 Å². The molecule has 0 atom stereocenters. The predicted octanol–water partition coefficient (Wildman–Crippen LogP) is 4.09. The lowest BCUT2D eigenvalue weighted by atomic mass is 10.3. The van der Waals surface area contributed by atoms with Gasteiger partial charge in [-0.05, 0) is 36.4 Å². The number of nitrogens with zero attached hydrogens (tertiary/aromatic N) is 1. The van der Waals surface area contributed by atoms with E-state index in [4.69, 9.17) is 5.73 Å². The molecule has 0 saturated heterocycles. The average Bonchev–Trinajstić information content (AvgIpc) is 2.51. The summed E-state index contributed by atoms with van der Waals surface area (Å²) in [7, 11) is 0. The van der Waals surface area contributed by atoms with Gasteiger partial charge in [-0.2, -0.15) is 0 Å². The molecule has 0 aliphatic rings. The Morgan fingerprint density at radius 3 is 1.50 bits per heavy atom. The van der Waals surface area contributed by atoms with Gasteiger partial charge in [-0.3, -0.25) is 0 Å². The van der Waals surface area contributed by atoms with Gasteiger partial charge in [0.1, 0.15) is 5.82 Å². The molecule has 3 heteroatoms.